The minimum absolute atomic E-state index is 1.22. The highest BCUT2D eigenvalue weighted by molar-refractivity contribution is 7.98. The lowest BCUT2D eigenvalue weighted by molar-refractivity contribution is 1.66. The molecule has 14 aromatic carbocycles. The van der Waals surface area contributed by atoms with Crippen LogP contribution in [0.2, 0.25) is 0 Å². The van der Waals surface area contributed by atoms with Crippen molar-refractivity contribution in [2.45, 2.75) is 13.8 Å². The van der Waals surface area contributed by atoms with Crippen molar-refractivity contribution in [1.82, 2.24) is 0 Å². The molecular formula is C90H80B2P2. The van der Waals surface area contributed by atoms with Crippen LogP contribution in [0.5, 0.6) is 0 Å². The average molecular weight is 1250 g/mol. The third kappa shape index (κ3) is 14.1. The Bertz CT molecular complexity index is 3660. The molecule has 0 nitrogen and oxygen atoms in total. The van der Waals surface area contributed by atoms with E-state index in [2.05, 4.69) is 462 Å². The normalized spacial score (nSPS) is 11.4. The molecule has 0 amide bonds. The van der Waals surface area contributed by atoms with Gasteiger partial charge in [-0.2, -0.15) is 43.7 Å². The van der Waals surface area contributed by atoms with Crippen LogP contribution in [0.4, 0.5) is 0 Å². The van der Waals surface area contributed by atoms with Gasteiger partial charge in [0.05, 0.1) is 11.6 Å². The third-order valence-corrected chi connectivity index (χ3v) is 26.3. The lowest BCUT2D eigenvalue weighted by Crippen LogP contribution is -2.74. The molecule has 0 aliphatic carbocycles. The first-order valence-electron chi connectivity index (χ1n) is 32.7. The minimum atomic E-state index is -1.73. The van der Waals surface area contributed by atoms with E-state index >= 15 is 0 Å². The SMILES string of the molecule is C/C=C/[P+](c1ccccc1)(c1ccccc1)c1ccccc1.C/C=C/[P+](c1ccccc1)(c1ccccc1)c1ccccc1.c1ccc([B-](c2ccccc2)(c2ccccc2)c2ccccc2)cc1.c1ccc([B-](c2ccccc2)(c2ccccc2)c2ccccc2)cc1. The molecule has 0 aliphatic rings. The maximum atomic E-state index is 2.41. The van der Waals surface area contributed by atoms with Crippen LogP contribution in [-0.2, 0) is 0 Å². The predicted molar refractivity (Wildman–Crippen MR) is 420 cm³/mol. The van der Waals surface area contributed by atoms with Crippen molar-refractivity contribution < 1.29 is 0 Å². The number of allylic oxidation sites excluding steroid dienone is 2. The molecule has 0 N–H and O–H groups in total. The Morgan fingerprint density at radius 3 is 0.372 bits per heavy atom. The van der Waals surface area contributed by atoms with Crippen LogP contribution in [0.15, 0.2) is 448 Å². The molecular weight excluding hydrogens is 1160 g/mol. The number of hydrogen-bond donors (Lipinski definition) is 0. The smallest absolute Gasteiger partial charge is 0.136 e. The van der Waals surface area contributed by atoms with Gasteiger partial charge in [0.2, 0.25) is 0 Å². The Morgan fingerprint density at radius 2 is 0.266 bits per heavy atom. The van der Waals surface area contributed by atoms with E-state index in [0.29, 0.717) is 0 Å². The fourth-order valence-corrected chi connectivity index (χ4v) is 21.7. The summed E-state index contributed by atoms with van der Waals surface area (Å²) in [7, 11) is -3.47. The van der Waals surface area contributed by atoms with Crippen LogP contribution < -0.4 is 75.5 Å². The first-order chi connectivity index (χ1) is 46.6. The van der Waals surface area contributed by atoms with E-state index in [1.807, 2.05) is 0 Å². The Hall–Kier alpha value is -10.5. The number of benzene rings is 14. The highest BCUT2D eigenvalue weighted by atomic mass is 31.2. The Kier molecular flexibility index (Phi) is 22.6. The summed E-state index contributed by atoms with van der Waals surface area (Å²) in [6.07, 6.45) is 1.96. The summed E-state index contributed by atoms with van der Waals surface area (Å²) in [6.45, 7) is 4.23. The molecule has 0 atom stereocenters. The highest BCUT2D eigenvalue weighted by Gasteiger charge is 2.44. The molecule has 0 heterocycles. The zero-order chi connectivity index (χ0) is 64.4. The van der Waals surface area contributed by atoms with Crippen LogP contribution in [0, 0.1) is 0 Å². The van der Waals surface area contributed by atoms with Gasteiger partial charge in [0.1, 0.15) is 58.6 Å². The van der Waals surface area contributed by atoms with Crippen molar-refractivity contribution in [3.8, 4) is 0 Å². The molecule has 0 bridgehead atoms. The van der Waals surface area contributed by atoms with E-state index < -0.39 is 26.8 Å². The summed E-state index contributed by atoms with van der Waals surface area (Å²) in [5, 5.41) is 8.36. The van der Waals surface area contributed by atoms with Gasteiger partial charge >= 0.3 is 0 Å². The largest absolute Gasteiger partial charge is 0.195 e. The van der Waals surface area contributed by atoms with E-state index in [1.165, 1.54) is 75.5 Å². The van der Waals surface area contributed by atoms with Crippen LogP contribution in [0.3, 0.4) is 0 Å². The van der Waals surface area contributed by atoms with Crippen LogP contribution in [0.1, 0.15) is 13.8 Å². The molecule has 14 aromatic rings. The zero-order valence-corrected chi connectivity index (χ0v) is 55.6. The second kappa shape index (κ2) is 32.7. The second-order valence-electron chi connectivity index (χ2n) is 23.4. The molecule has 0 spiro atoms. The molecule has 94 heavy (non-hydrogen) atoms. The molecule has 0 fully saturated rings. The van der Waals surface area contributed by atoms with Gasteiger partial charge in [-0.15, -0.1) is 0 Å². The van der Waals surface area contributed by atoms with E-state index in [4.69, 9.17) is 0 Å². The van der Waals surface area contributed by atoms with Crippen LogP contribution in [0.25, 0.3) is 0 Å². The van der Waals surface area contributed by atoms with Gasteiger partial charge in [0.25, 0.3) is 0 Å². The molecule has 0 saturated carbocycles. The van der Waals surface area contributed by atoms with Crippen LogP contribution in [-0.4, -0.2) is 12.3 Å². The van der Waals surface area contributed by atoms with Crippen molar-refractivity contribution in [3.05, 3.63) is 448 Å². The maximum absolute atomic E-state index is 2.41. The summed E-state index contributed by atoms with van der Waals surface area (Å²) in [6, 6.07) is 152. The number of rotatable bonds is 16. The van der Waals surface area contributed by atoms with Crippen LogP contribution >= 0.6 is 14.5 Å². The number of hydrogen-bond acceptors (Lipinski definition) is 0. The van der Waals surface area contributed by atoms with Gasteiger partial charge in [-0.05, 0) is 86.6 Å². The first-order valence-corrected chi connectivity index (χ1v) is 36.5. The standard InChI is InChI=1S/2C24H20B.2C21H20P/c2*1-5-13-21(14-6-1)25(22-15-7-2-8-16-22,23-17-9-3-10-18-23)24-19-11-4-12-20-24;2*1-2-18-22(19-12-6-3-7-13-19,20-14-8-4-9-15-20)21-16-10-5-11-17-21/h2*1-20H;2*2-18H,1H3/q2*-1;2*+1/b;;2*18-2+. The molecule has 0 saturated heterocycles. The van der Waals surface area contributed by atoms with Crippen molar-refractivity contribution in [2.24, 2.45) is 0 Å². The Morgan fingerprint density at radius 1 is 0.160 bits per heavy atom. The summed E-state index contributed by atoms with van der Waals surface area (Å²) >= 11 is 0. The van der Waals surface area contributed by atoms with Gasteiger partial charge in [-0.1, -0.05) is 364 Å². The summed E-state index contributed by atoms with van der Waals surface area (Å²) < 4.78 is 0. The Balaban J connectivity index is 0.000000128. The molecule has 0 aromatic heterocycles. The lowest BCUT2D eigenvalue weighted by atomic mass is 9.13. The van der Waals surface area contributed by atoms with Gasteiger partial charge in [0.15, 0.2) is 0 Å². The molecule has 0 unspecified atom stereocenters. The minimum Gasteiger partial charge on any atom is -0.195 e. The molecule has 4 heteroatoms. The average Bonchev–Trinajstić information content (AvgIpc) is 0.760. The van der Waals surface area contributed by atoms with Gasteiger partial charge in [-0.25, -0.2) is 0 Å². The molecule has 0 radical (unpaired) electrons. The zero-order valence-electron chi connectivity index (χ0n) is 53.8. The first kappa shape index (κ1) is 65.1. The second-order valence-corrected chi connectivity index (χ2v) is 30.0. The summed E-state index contributed by atoms with van der Waals surface area (Å²) in [5.41, 5.74) is 10.7. The van der Waals surface area contributed by atoms with Crippen molar-refractivity contribution in [1.29, 1.82) is 0 Å². The van der Waals surface area contributed by atoms with Crippen molar-refractivity contribution >= 4 is 102 Å². The molecule has 0 aliphatic heterocycles. The summed E-state index contributed by atoms with van der Waals surface area (Å²) in [4.78, 5) is 0. The topological polar surface area (TPSA) is 0 Å². The predicted octanol–water partition coefficient (Wildman–Crippen LogP) is 15.2. The maximum Gasteiger partial charge on any atom is 0.136 e. The Labute approximate surface area is 560 Å². The fourth-order valence-electron chi connectivity index (χ4n) is 14.1. The lowest BCUT2D eigenvalue weighted by Gasteiger charge is -2.44. The molecule has 456 valence electrons. The quantitative estimate of drug-likeness (QED) is 0.0668. The molecule has 14 rings (SSSR count). The van der Waals surface area contributed by atoms with E-state index in [-0.39, 0.29) is 0 Å². The van der Waals surface area contributed by atoms with Crippen molar-refractivity contribution in [2.75, 3.05) is 0 Å². The third-order valence-electron chi connectivity index (χ3n) is 18.1. The fraction of sp³-hybridized carbons (Fsp3) is 0.0222. The van der Waals surface area contributed by atoms with Gasteiger partial charge < -0.3 is 0 Å². The highest BCUT2D eigenvalue weighted by Crippen LogP contribution is 2.57. The summed E-state index contributed by atoms with van der Waals surface area (Å²) in [5.74, 6) is 4.82. The monoisotopic (exact) mass is 1240 g/mol. The van der Waals surface area contributed by atoms with Crippen molar-refractivity contribution in [3.63, 3.8) is 0 Å². The van der Waals surface area contributed by atoms with E-state index in [1.54, 1.807) is 0 Å². The van der Waals surface area contributed by atoms with E-state index in [0.717, 1.165) is 0 Å². The van der Waals surface area contributed by atoms with E-state index in [9.17, 15) is 0 Å². The van der Waals surface area contributed by atoms with Gasteiger partial charge in [0, 0.05) is 0 Å². The van der Waals surface area contributed by atoms with Gasteiger partial charge in [-0.3, -0.25) is 0 Å².